The second-order valence-corrected chi connectivity index (χ2v) is 5.39. The molecular weight excluding hydrogens is 280 g/mol. The molecule has 4 heteroatoms. The highest BCUT2D eigenvalue weighted by Gasteiger charge is 2.21. The molecule has 1 atom stereocenters. The fourth-order valence-corrected chi connectivity index (χ4v) is 2.32. The number of hydrogen-bond donors (Lipinski definition) is 1. The Hall–Kier alpha value is -0.710. The average Bonchev–Trinajstić information content (AvgIpc) is 2.33. The Morgan fingerprint density at radius 1 is 1.47 bits per heavy atom. The van der Waals surface area contributed by atoms with E-state index in [1.807, 2.05) is 24.3 Å². The summed E-state index contributed by atoms with van der Waals surface area (Å²) in [6, 6.07) is 7.90. The molecule has 0 aromatic heterocycles. The summed E-state index contributed by atoms with van der Waals surface area (Å²) in [5, 5.41) is 3.33. The van der Waals surface area contributed by atoms with E-state index in [1.54, 1.807) is 0 Å². The van der Waals surface area contributed by atoms with Crippen LogP contribution in [0.15, 0.2) is 28.7 Å². The maximum Gasteiger partial charge on any atom is 0.164 e. The summed E-state index contributed by atoms with van der Waals surface area (Å²) < 4.78 is 1.01. The Balaban J connectivity index is 1.98. The lowest BCUT2D eigenvalue weighted by Gasteiger charge is -2.32. The van der Waals surface area contributed by atoms with Gasteiger partial charge in [-0.2, -0.15) is 0 Å². The molecule has 0 bridgehead atoms. The zero-order valence-electron chi connectivity index (χ0n) is 9.95. The minimum Gasteiger partial charge on any atom is -0.314 e. The molecule has 1 heterocycles. The first-order valence-corrected chi connectivity index (χ1v) is 6.66. The van der Waals surface area contributed by atoms with Gasteiger partial charge in [-0.3, -0.25) is 4.79 Å². The number of carbonyl (C=O) groups is 1. The van der Waals surface area contributed by atoms with Crippen LogP contribution in [0, 0.1) is 0 Å². The largest absolute Gasteiger partial charge is 0.314 e. The Morgan fingerprint density at radius 3 is 2.82 bits per heavy atom. The van der Waals surface area contributed by atoms with Crippen molar-refractivity contribution in [1.29, 1.82) is 0 Å². The summed E-state index contributed by atoms with van der Waals surface area (Å²) in [5.74, 6) is 0.220. The number of Topliss-reactive ketones (excluding diaryl/α,β-unsaturated/α-hetero) is 1. The molecule has 3 nitrogen and oxygen atoms in total. The normalized spacial score (nSPS) is 21.4. The third kappa shape index (κ3) is 3.37. The fraction of sp³-hybridized carbons (Fsp3) is 0.462. The number of hydrogen-bond acceptors (Lipinski definition) is 3. The van der Waals surface area contributed by atoms with Crippen molar-refractivity contribution in [2.75, 3.05) is 26.7 Å². The number of halogens is 1. The van der Waals surface area contributed by atoms with E-state index in [1.165, 1.54) is 0 Å². The molecule has 1 aromatic rings. The van der Waals surface area contributed by atoms with Crippen molar-refractivity contribution in [2.45, 2.75) is 12.5 Å². The van der Waals surface area contributed by atoms with Gasteiger partial charge in [-0.05, 0) is 19.2 Å². The van der Waals surface area contributed by atoms with Crippen LogP contribution in [0.5, 0.6) is 0 Å². The first kappa shape index (κ1) is 12.7. The highest BCUT2D eigenvalue weighted by atomic mass is 79.9. The topological polar surface area (TPSA) is 32.3 Å². The van der Waals surface area contributed by atoms with Gasteiger partial charge in [0.2, 0.25) is 0 Å². The number of benzene rings is 1. The van der Waals surface area contributed by atoms with Gasteiger partial charge in [0.1, 0.15) is 0 Å². The SMILES string of the molecule is CN1CCNCC1CC(=O)c1ccc(Br)cc1. The van der Waals surface area contributed by atoms with E-state index in [9.17, 15) is 4.79 Å². The van der Waals surface area contributed by atoms with Crippen LogP contribution in [-0.2, 0) is 0 Å². The highest BCUT2D eigenvalue weighted by molar-refractivity contribution is 9.10. The van der Waals surface area contributed by atoms with Gasteiger partial charge in [-0.25, -0.2) is 0 Å². The highest BCUT2D eigenvalue weighted by Crippen LogP contribution is 2.14. The van der Waals surface area contributed by atoms with Gasteiger partial charge < -0.3 is 10.2 Å². The third-order valence-electron chi connectivity index (χ3n) is 3.23. The first-order valence-electron chi connectivity index (χ1n) is 5.86. The van der Waals surface area contributed by atoms with Crippen LogP contribution in [0.1, 0.15) is 16.8 Å². The molecule has 92 valence electrons. The predicted molar refractivity (Wildman–Crippen MR) is 72.4 cm³/mol. The zero-order chi connectivity index (χ0) is 12.3. The second kappa shape index (κ2) is 5.76. The molecule has 0 amide bonds. The molecule has 0 saturated carbocycles. The van der Waals surface area contributed by atoms with Crippen molar-refractivity contribution >= 4 is 21.7 Å². The molecule has 0 radical (unpaired) electrons. The van der Waals surface area contributed by atoms with Gasteiger partial charge in [0.15, 0.2) is 5.78 Å². The lowest BCUT2D eigenvalue weighted by atomic mass is 10.0. The number of nitrogens with one attached hydrogen (secondary N) is 1. The minimum atomic E-state index is 0.220. The van der Waals surface area contributed by atoms with E-state index in [-0.39, 0.29) is 5.78 Å². The van der Waals surface area contributed by atoms with Crippen molar-refractivity contribution < 1.29 is 4.79 Å². The first-order chi connectivity index (χ1) is 8.16. The van der Waals surface area contributed by atoms with E-state index in [2.05, 4.69) is 33.2 Å². The quantitative estimate of drug-likeness (QED) is 0.865. The summed E-state index contributed by atoms with van der Waals surface area (Å²) in [6.45, 7) is 2.93. The maximum atomic E-state index is 12.1. The van der Waals surface area contributed by atoms with Gasteiger partial charge in [0.05, 0.1) is 0 Å². The van der Waals surface area contributed by atoms with Crippen LogP contribution in [0.4, 0.5) is 0 Å². The smallest absolute Gasteiger partial charge is 0.164 e. The summed E-state index contributed by atoms with van der Waals surface area (Å²) in [7, 11) is 2.08. The number of carbonyl (C=O) groups excluding carboxylic acids is 1. The van der Waals surface area contributed by atoms with E-state index in [0.717, 1.165) is 29.7 Å². The Morgan fingerprint density at radius 2 is 2.18 bits per heavy atom. The average molecular weight is 297 g/mol. The number of rotatable bonds is 3. The number of nitrogens with zero attached hydrogens (tertiary/aromatic N) is 1. The van der Waals surface area contributed by atoms with Crippen molar-refractivity contribution in [3.63, 3.8) is 0 Å². The molecule has 1 aliphatic heterocycles. The van der Waals surface area contributed by atoms with Gasteiger partial charge in [-0.1, -0.05) is 28.1 Å². The number of likely N-dealkylation sites (N-methyl/N-ethyl adjacent to an activating group) is 1. The van der Waals surface area contributed by atoms with E-state index < -0.39 is 0 Å². The predicted octanol–water partition coefficient (Wildman–Crippen LogP) is 1.93. The summed E-state index contributed by atoms with van der Waals surface area (Å²) in [4.78, 5) is 14.4. The molecule has 0 spiro atoms. The molecule has 1 unspecified atom stereocenters. The molecule has 1 N–H and O–H groups in total. The standard InChI is InChI=1S/C13H17BrN2O/c1-16-7-6-15-9-12(16)8-13(17)10-2-4-11(14)5-3-10/h2-5,12,15H,6-9H2,1H3. The van der Waals surface area contributed by atoms with E-state index >= 15 is 0 Å². The van der Waals surface area contributed by atoms with E-state index in [0.29, 0.717) is 12.5 Å². The Labute approximate surface area is 110 Å². The number of ketones is 1. The Kier molecular flexibility index (Phi) is 4.31. The van der Waals surface area contributed by atoms with Crippen LogP contribution in [0.25, 0.3) is 0 Å². The molecule has 2 rings (SSSR count). The van der Waals surface area contributed by atoms with Gasteiger partial charge in [-0.15, -0.1) is 0 Å². The molecule has 17 heavy (non-hydrogen) atoms. The van der Waals surface area contributed by atoms with Crippen LogP contribution >= 0.6 is 15.9 Å². The lowest BCUT2D eigenvalue weighted by Crippen LogP contribution is -2.49. The molecular formula is C13H17BrN2O. The van der Waals surface area contributed by atoms with Crippen molar-refractivity contribution in [1.82, 2.24) is 10.2 Å². The summed E-state index contributed by atoms with van der Waals surface area (Å²) in [5.41, 5.74) is 0.798. The van der Waals surface area contributed by atoms with Crippen LogP contribution in [-0.4, -0.2) is 43.4 Å². The van der Waals surface area contributed by atoms with Gasteiger partial charge >= 0.3 is 0 Å². The van der Waals surface area contributed by atoms with Crippen molar-refractivity contribution in [2.24, 2.45) is 0 Å². The number of piperazine rings is 1. The zero-order valence-corrected chi connectivity index (χ0v) is 11.5. The van der Waals surface area contributed by atoms with Gasteiger partial charge in [0, 0.05) is 42.1 Å². The molecule has 0 aliphatic carbocycles. The van der Waals surface area contributed by atoms with Crippen molar-refractivity contribution in [3.05, 3.63) is 34.3 Å². The van der Waals surface area contributed by atoms with Crippen LogP contribution < -0.4 is 5.32 Å². The summed E-state index contributed by atoms with van der Waals surface area (Å²) in [6.07, 6.45) is 0.588. The van der Waals surface area contributed by atoms with Crippen LogP contribution in [0.3, 0.4) is 0 Å². The van der Waals surface area contributed by atoms with Crippen molar-refractivity contribution in [3.8, 4) is 0 Å². The van der Waals surface area contributed by atoms with E-state index in [4.69, 9.17) is 0 Å². The monoisotopic (exact) mass is 296 g/mol. The molecule has 1 fully saturated rings. The maximum absolute atomic E-state index is 12.1. The lowest BCUT2D eigenvalue weighted by molar-refractivity contribution is 0.0917. The summed E-state index contributed by atoms with van der Waals surface area (Å²) >= 11 is 3.37. The third-order valence-corrected chi connectivity index (χ3v) is 3.76. The molecule has 1 saturated heterocycles. The molecule has 1 aliphatic rings. The molecule has 1 aromatic carbocycles. The Bertz CT molecular complexity index is 391. The minimum absolute atomic E-state index is 0.220. The fourth-order valence-electron chi connectivity index (χ4n) is 2.06. The second-order valence-electron chi connectivity index (χ2n) is 4.47. The van der Waals surface area contributed by atoms with Gasteiger partial charge in [0.25, 0.3) is 0 Å². The van der Waals surface area contributed by atoms with Crippen LogP contribution in [0.2, 0.25) is 0 Å².